The van der Waals surface area contributed by atoms with Gasteiger partial charge in [0.1, 0.15) is 23.5 Å². The van der Waals surface area contributed by atoms with Crippen LogP contribution in [0.3, 0.4) is 0 Å². The number of aromatic nitrogens is 2. The Labute approximate surface area is 189 Å². The number of carbonyl (C=O) groups is 1. The normalized spacial score (nSPS) is 23.3. The zero-order chi connectivity index (χ0) is 22.9. The van der Waals surface area contributed by atoms with Crippen LogP contribution in [0.2, 0.25) is 0 Å². The maximum absolute atomic E-state index is 14.6. The molecular formula is C21H24F2N6O3S. The van der Waals surface area contributed by atoms with E-state index in [1.54, 1.807) is 0 Å². The Morgan fingerprint density at radius 3 is 2.61 bits per heavy atom. The van der Waals surface area contributed by atoms with Crippen molar-refractivity contribution in [2.75, 3.05) is 25.0 Å². The number of rotatable bonds is 3. The van der Waals surface area contributed by atoms with Crippen molar-refractivity contribution in [2.45, 2.75) is 55.8 Å². The van der Waals surface area contributed by atoms with Crippen LogP contribution in [-0.4, -0.2) is 56.8 Å². The molecule has 2 aliphatic carbocycles. The molecule has 2 aliphatic heterocycles. The van der Waals surface area contributed by atoms with Gasteiger partial charge in [-0.05, 0) is 54.4 Å². The molecule has 3 heterocycles. The standard InChI is InChI=1S/C21H24F2N6O3S/c22-11-7-28(8-11)12-9-29-20(32-10-12)17(6-25-29)33(24,31)27-21(30)26-19-15-3-1-2-13(15)18(23)14-4-5-16(14)19/h6,11-12H,1-5,7-10H2,(H3,24,26,27,30,31). The number of ether oxygens (including phenoxy) is 1. The lowest BCUT2D eigenvalue weighted by Gasteiger charge is -2.41. The summed E-state index contributed by atoms with van der Waals surface area (Å²) in [5.41, 5.74) is 3.49. The highest BCUT2D eigenvalue weighted by Crippen LogP contribution is 2.42. The molecule has 0 radical (unpaired) electrons. The van der Waals surface area contributed by atoms with Gasteiger partial charge < -0.3 is 10.1 Å². The summed E-state index contributed by atoms with van der Waals surface area (Å²) < 4.78 is 52.0. The van der Waals surface area contributed by atoms with Crippen LogP contribution in [0.25, 0.3) is 0 Å². The fourth-order valence-corrected chi connectivity index (χ4v) is 6.21. The fraction of sp³-hybridized carbons (Fsp3) is 0.524. The summed E-state index contributed by atoms with van der Waals surface area (Å²) in [7, 11) is -3.64. The lowest BCUT2D eigenvalue weighted by molar-refractivity contribution is -0.0114. The fourth-order valence-electron chi connectivity index (χ4n) is 5.21. The third kappa shape index (κ3) is 3.34. The zero-order valence-corrected chi connectivity index (χ0v) is 18.7. The molecule has 33 heavy (non-hydrogen) atoms. The van der Waals surface area contributed by atoms with Gasteiger partial charge in [0, 0.05) is 18.8 Å². The van der Waals surface area contributed by atoms with Gasteiger partial charge in [-0.1, -0.05) is 0 Å². The van der Waals surface area contributed by atoms with Crippen LogP contribution in [0.15, 0.2) is 15.5 Å². The van der Waals surface area contributed by atoms with Crippen molar-refractivity contribution in [3.63, 3.8) is 0 Å². The Morgan fingerprint density at radius 2 is 1.88 bits per heavy atom. The van der Waals surface area contributed by atoms with E-state index in [0.29, 0.717) is 62.1 Å². The van der Waals surface area contributed by atoms with E-state index in [2.05, 4.69) is 14.8 Å². The van der Waals surface area contributed by atoms with E-state index in [0.717, 1.165) is 17.5 Å². The highest BCUT2D eigenvalue weighted by Gasteiger charge is 2.37. The minimum atomic E-state index is -3.64. The molecule has 1 saturated heterocycles. The first-order valence-corrected chi connectivity index (χ1v) is 12.7. The van der Waals surface area contributed by atoms with Crippen LogP contribution in [0, 0.1) is 5.82 Å². The summed E-state index contributed by atoms with van der Waals surface area (Å²) in [5, 5.41) is 12.9. The summed E-state index contributed by atoms with van der Waals surface area (Å²) in [6, 6.07) is -0.884. The van der Waals surface area contributed by atoms with Crippen molar-refractivity contribution in [2.24, 2.45) is 9.50 Å². The highest BCUT2D eigenvalue weighted by atomic mass is 32.2. The molecule has 0 saturated carbocycles. The Kier molecular flexibility index (Phi) is 4.75. The molecule has 1 aromatic heterocycles. The predicted molar refractivity (Wildman–Crippen MR) is 116 cm³/mol. The van der Waals surface area contributed by atoms with Gasteiger partial charge in [-0.3, -0.25) is 4.90 Å². The second-order valence-electron chi connectivity index (χ2n) is 9.06. The number of benzene rings is 1. The van der Waals surface area contributed by atoms with Gasteiger partial charge in [-0.15, -0.1) is 4.36 Å². The van der Waals surface area contributed by atoms with Crippen molar-refractivity contribution in [3.05, 3.63) is 34.3 Å². The number of halogens is 2. The third-order valence-corrected chi connectivity index (χ3v) is 8.39. The first-order valence-electron chi connectivity index (χ1n) is 11.1. The summed E-state index contributed by atoms with van der Waals surface area (Å²) in [5.74, 6) is 0.0583. The quantitative estimate of drug-likeness (QED) is 0.700. The number of nitrogens with zero attached hydrogens (tertiary/aromatic N) is 4. The van der Waals surface area contributed by atoms with Crippen LogP contribution in [-0.2, 0) is 42.1 Å². The van der Waals surface area contributed by atoms with Crippen molar-refractivity contribution < 1.29 is 22.5 Å². The number of likely N-dealkylation sites (tertiary alicyclic amines) is 1. The average Bonchev–Trinajstić information content (AvgIpc) is 3.36. The van der Waals surface area contributed by atoms with E-state index >= 15 is 0 Å². The van der Waals surface area contributed by atoms with Crippen molar-refractivity contribution in [1.82, 2.24) is 14.7 Å². The molecule has 2 amide bonds. The van der Waals surface area contributed by atoms with Crippen LogP contribution >= 0.6 is 0 Å². The van der Waals surface area contributed by atoms with E-state index < -0.39 is 22.1 Å². The number of hydrogen-bond donors (Lipinski definition) is 2. The summed E-state index contributed by atoms with van der Waals surface area (Å²) in [6.45, 7) is 1.44. The number of amides is 2. The molecule has 4 aliphatic rings. The van der Waals surface area contributed by atoms with Gasteiger partial charge in [0.25, 0.3) is 0 Å². The number of urea groups is 1. The van der Waals surface area contributed by atoms with Gasteiger partial charge in [-0.2, -0.15) is 5.10 Å². The number of fused-ring (bicyclic) bond motifs is 3. The minimum absolute atomic E-state index is 0.0370. The molecular weight excluding hydrogens is 454 g/mol. The van der Waals surface area contributed by atoms with Crippen molar-refractivity contribution in [1.29, 1.82) is 0 Å². The molecule has 1 aromatic carbocycles. The topological polar surface area (TPSA) is 115 Å². The van der Waals surface area contributed by atoms with Crippen molar-refractivity contribution in [3.8, 4) is 5.88 Å². The predicted octanol–water partition coefficient (Wildman–Crippen LogP) is 1.96. The number of hydrogen-bond acceptors (Lipinski definition) is 5. The number of carbonyl (C=O) groups excluding carboxylic acids is 1. The number of nitrogens with two attached hydrogens (primary N) is 1. The molecule has 1 fully saturated rings. The van der Waals surface area contributed by atoms with Gasteiger partial charge in [0.05, 0.1) is 18.8 Å². The SMILES string of the molecule is NS(=O)(=NC(=O)Nc1c2c(c(F)c3c1CC3)CCC2)c1cnn2c1OCC(N1CC(F)C1)C2. The van der Waals surface area contributed by atoms with E-state index in [4.69, 9.17) is 9.88 Å². The molecule has 12 heteroatoms. The lowest BCUT2D eigenvalue weighted by Crippen LogP contribution is -2.57. The Hall–Kier alpha value is -2.57. The van der Waals surface area contributed by atoms with E-state index in [-0.39, 0.29) is 29.2 Å². The maximum Gasteiger partial charge on any atom is 0.354 e. The largest absolute Gasteiger partial charge is 0.475 e. The minimum Gasteiger partial charge on any atom is -0.475 e. The molecule has 6 rings (SSSR count). The second kappa shape index (κ2) is 7.47. The van der Waals surface area contributed by atoms with Gasteiger partial charge in [0.2, 0.25) is 5.88 Å². The first-order chi connectivity index (χ1) is 15.8. The Balaban J connectivity index is 1.25. The summed E-state index contributed by atoms with van der Waals surface area (Å²) >= 11 is 0. The second-order valence-corrected chi connectivity index (χ2v) is 10.8. The number of anilines is 1. The lowest BCUT2D eigenvalue weighted by atomic mass is 9.83. The van der Waals surface area contributed by atoms with Gasteiger partial charge in [0.15, 0.2) is 9.92 Å². The molecule has 2 unspecified atom stereocenters. The van der Waals surface area contributed by atoms with E-state index in [9.17, 15) is 17.8 Å². The molecule has 9 nitrogen and oxygen atoms in total. The van der Waals surface area contributed by atoms with Gasteiger partial charge in [-0.25, -0.2) is 27.6 Å². The van der Waals surface area contributed by atoms with Gasteiger partial charge >= 0.3 is 6.03 Å². The summed E-state index contributed by atoms with van der Waals surface area (Å²) in [6.07, 6.45) is 3.95. The monoisotopic (exact) mass is 478 g/mol. The highest BCUT2D eigenvalue weighted by molar-refractivity contribution is 7.91. The molecule has 2 aromatic rings. The molecule has 2 atom stereocenters. The third-order valence-electron chi connectivity index (χ3n) is 7.04. The smallest absolute Gasteiger partial charge is 0.354 e. The van der Waals surface area contributed by atoms with Crippen molar-refractivity contribution >= 4 is 21.6 Å². The summed E-state index contributed by atoms with van der Waals surface area (Å²) in [4.78, 5) is 14.7. The maximum atomic E-state index is 14.6. The van der Waals surface area contributed by atoms with E-state index in [1.807, 2.05) is 4.90 Å². The zero-order valence-electron chi connectivity index (χ0n) is 17.9. The molecule has 3 N–H and O–H groups in total. The van der Waals surface area contributed by atoms with E-state index in [1.165, 1.54) is 10.9 Å². The molecule has 0 spiro atoms. The molecule has 176 valence electrons. The number of alkyl halides is 1. The number of nitrogens with one attached hydrogen (secondary N) is 1. The van der Waals surface area contributed by atoms with Crippen LogP contribution in [0.4, 0.5) is 19.3 Å². The van der Waals surface area contributed by atoms with Crippen LogP contribution in [0.1, 0.15) is 28.7 Å². The Morgan fingerprint density at radius 1 is 1.18 bits per heavy atom. The first kappa shape index (κ1) is 21.0. The molecule has 0 bridgehead atoms. The van der Waals surface area contributed by atoms with Crippen LogP contribution in [0.5, 0.6) is 5.88 Å². The average molecular weight is 479 g/mol. The van der Waals surface area contributed by atoms with Crippen LogP contribution < -0.4 is 15.2 Å². The Bertz CT molecular complexity index is 1300.